The highest BCUT2D eigenvalue weighted by atomic mass is 32.2. The van der Waals surface area contributed by atoms with Gasteiger partial charge in [-0.2, -0.15) is 0 Å². The van der Waals surface area contributed by atoms with E-state index in [4.69, 9.17) is 4.42 Å². The van der Waals surface area contributed by atoms with Crippen molar-refractivity contribution in [3.63, 3.8) is 0 Å². The molecular formula is C21H17FN4O3S. The Balaban J connectivity index is 1.57. The van der Waals surface area contributed by atoms with Crippen molar-refractivity contribution >= 4 is 15.7 Å². The summed E-state index contributed by atoms with van der Waals surface area (Å²) in [5, 5.41) is 11.3. The van der Waals surface area contributed by atoms with Crippen LogP contribution in [-0.4, -0.2) is 29.9 Å². The van der Waals surface area contributed by atoms with Crippen molar-refractivity contribution in [1.82, 2.24) is 15.2 Å². The second-order valence-corrected chi connectivity index (χ2v) is 8.60. The van der Waals surface area contributed by atoms with Gasteiger partial charge in [-0.1, -0.05) is 12.1 Å². The van der Waals surface area contributed by atoms with Gasteiger partial charge in [0.2, 0.25) is 5.89 Å². The predicted octanol–water partition coefficient (Wildman–Crippen LogP) is 3.95. The molecule has 0 aliphatic carbocycles. The molecule has 0 atom stereocenters. The molecule has 152 valence electrons. The third-order valence-electron chi connectivity index (χ3n) is 4.37. The Labute approximate surface area is 172 Å². The fourth-order valence-corrected chi connectivity index (χ4v) is 3.43. The van der Waals surface area contributed by atoms with Crippen molar-refractivity contribution in [1.29, 1.82) is 0 Å². The van der Waals surface area contributed by atoms with Gasteiger partial charge in [0.25, 0.3) is 5.89 Å². The highest BCUT2D eigenvalue weighted by molar-refractivity contribution is 7.90. The maximum absolute atomic E-state index is 13.1. The zero-order chi connectivity index (χ0) is 21.1. The van der Waals surface area contributed by atoms with Gasteiger partial charge in [-0.05, 0) is 54.1 Å². The van der Waals surface area contributed by atoms with Gasteiger partial charge in [-0.3, -0.25) is 0 Å². The van der Waals surface area contributed by atoms with Gasteiger partial charge in [0.1, 0.15) is 11.6 Å². The first-order valence-corrected chi connectivity index (χ1v) is 10.9. The first-order valence-electron chi connectivity index (χ1n) is 8.98. The van der Waals surface area contributed by atoms with E-state index in [9.17, 15) is 12.8 Å². The summed E-state index contributed by atoms with van der Waals surface area (Å²) in [4.78, 5) is 4.54. The lowest BCUT2D eigenvalue weighted by molar-refractivity contribution is 0.584. The minimum Gasteiger partial charge on any atom is -0.416 e. The third-order valence-corrected chi connectivity index (χ3v) is 5.49. The van der Waals surface area contributed by atoms with E-state index in [0.717, 1.165) is 11.8 Å². The van der Waals surface area contributed by atoms with Crippen LogP contribution in [0.2, 0.25) is 0 Å². The highest BCUT2D eigenvalue weighted by Crippen LogP contribution is 2.28. The number of halogens is 1. The third kappa shape index (κ3) is 4.36. The number of rotatable bonds is 6. The molecule has 0 aliphatic rings. The maximum atomic E-state index is 13.1. The molecule has 2 aromatic carbocycles. The van der Waals surface area contributed by atoms with Crippen LogP contribution in [-0.2, 0) is 16.4 Å². The summed E-state index contributed by atoms with van der Waals surface area (Å²) in [6.45, 7) is 0.443. The van der Waals surface area contributed by atoms with E-state index in [0.29, 0.717) is 23.5 Å². The fourth-order valence-electron chi connectivity index (χ4n) is 2.80. The van der Waals surface area contributed by atoms with Gasteiger partial charge in [-0.25, -0.2) is 17.8 Å². The summed E-state index contributed by atoms with van der Waals surface area (Å²) in [7, 11) is -3.28. The first-order chi connectivity index (χ1) is 14.4. The second kappa shape index (κ2) is 8.03. The number of hydrogen-bond acceptors (Lipinski definition) is 7. The van der Waals surface area contributed by atoms with Crippen LogP contribution in [0, 0.1) is 5.82 Å². The van der Waals surface area contributed by atoms with Crippen molar-refractivity contribution < 1.29 is 17.2 Å². The number of pyridine rings is 1. The molecule has 4 rings (SSSR count). The summed E-state index contributed by atoms with van der Waals surface area (Å²) >= 11 is 0. The van der Waals surface area contributed by atoms with Crippen molar-refractivity contribution in [2.45, 2.75) is 11.4 Å². The van der Waals surface area contributed by atoms with Crippen LogP contribution in [0.25, 0.3) is 22.9 Å². The van der Waals surface area contributed by atoms with Crippen molar-refractivity contribution in [2.75, 3.05) is 11.6 Å². The molecule has 0 amide bonds. The Morgan fingerprint density at radius 2 is 1.67 bits per heavy atom. The van der Waals surface area contributed by atoms with E-state index in [1.54, 1.807) is 42.6 Å². The van der Waals surface area contributed by atoms with Crippen LogP contribution in [0.15, 0.2) is 76.2 Å². The lowest BCUT2D eigenvalue weighted by Crippen LogP contribution is -2.03. The number of benzene rings is 2. The standard InChI is InChI=1S/C21H17FN4O3S/c1-30(27,28)17-10-6-15(7-11-17)20-25-26-21(29-20)18-3-2-12-23-19(18)24-13-14-4-8-16(22)9-5-14/h2-12H,13H2,1H3,(H,23,24). The molecular weight excluding hydrogens is 407 g/mol. The first kappa shape index (κ1) is 19.7. The van der Waals surface area contributed by atoms with E-state index in [1.165, 1.54) is 24.3 Å². The van der Waals surface area contributed by atoms with Gasteiger partial charge in [0, 0.05) is 24.6 Å². The SMILES string of the molecule is CS(=O)(=O)c1ccc(-c2nnc(-c3cccnc3NCc3ccc(F)cc3)o2)cc1. The molecule has 4 aromatic rings. The molecule has 0 saturated carbocycles. The molecule has 2 heterocycles. The molecule has 2 aromatic heterocycles. The predicted molar refractivity (Wildman–Crippen MR) is 110 cm³/mol. The van der Waals surface area contributed by atoms with E-state index >= 15 is 0 Å². The highest BCUT2D eigenvalue weighted by Gasteiger charge is 2.15. The topological polar surface area (TPSA) is 98.0 Å². The molecule has 0 bridgehead atoms. The lowest BCUT2D eigenvalue weighted by Gasteiger charge is -2.08. The second-order valence-electron chi connectivity index (χ2n) is 6.59. The average Bonchev–Trinajstić information content (AvgIpc) is 3.23. The van der Waals surface area contributed by atoms with Gasteiger partial charge < -0.3 is 9.73 Å². The number of nitrogens with zero attached hydrogens (tertiary/aromatic N) is 3. The zero-order valence-corrected chi connectivity index (χ0v) is 16.7. The van der Waals surface area contributed by atoms with Gasteiger partial charge in [-0.15, -0.1) is 10.2 Å². The summed E-state index contributed by atoms with van der Waals surface area (Å²) in [5.41, 5.74) is 2.11. The van der Waals surface area contributed by atoms with Crippen LogP contribution in [0.5, 0.6) is 0 Å². The average molecular weight is 424 g/mol. The van der Waals surface area contributed by atoms with Crippen molar-refractivity contribution in [3.8, 4) is 22.9 Å². The van der Waals surface area contributed by atoms with Crippen LogP contribution < -0.4 is 5.32 Å². The Morgan fingerprint density at radius 3 is 2.37 bits per heavy atom. The number of anilines is 1. The van der Waals surface area contributed by atoms with E-state index < -0.39 is 9.84 Å². The van der Waals surface area contributed by atoms with Crippen molar-refractivity contribution in [3.05, 3.63) is 78.2 Å². The van der Waals surface area contributed by atoms with Gasteiger partial charge in [0.15, 0.2) is 9.84 Å². The normalized spacial score (nSPS) is 11.4. The van der Waals surface area contributed by atoms with E-state index in [-0.39, 0.29) is 22.5 Å². The molecule has 0 unspecified atom stereocenters. The Kier molecular flexibility index (Phi) is 5.28. The van der Waals surface area contributed by atoms with E-state index in [1.807, 2.05) is 0 Å². The smallest absolute Gasteiger partial charge is 0.251 e. The van der Waals surface area contributed by atoms with Crippen LogP contribution in [0.1, 0.15) is 5.56 Å². The Bertz CT molecular complexity index is 1270. The van der Waals surface area contributed by atoms with Crippen molar-refractivity contribution in [2.24, 2.45) is 0 Å². The van der Waals surface area contributed by atoms with Gasteiger partial charge in [0.05, 0.1) is 10.5 Å². The minimum atomic E-state index is -3.28. The molecule has 9 heteroatoms. The number of hydrogen-bond donors (Lipinski definition) is 1. The minimum absolute atomic E-state index is 0.213. The molecule has 0 aliphatic heterocycles. The Morgan fingerprint density at radius 1 is 0.967 bits per heavy atom. The lowest BCUT2D eigenvalue weighted by atomic mass is 10.2. The number of nitrogens with one attached hydrogen (secondary N) is 1. The molecule has 30 heavy (non-hydrogen) atoms. The monoisotopic (exact) mass is 424 g/mol. The quantitative estimate of drug-likeness (QED) is 0.500. The molecule has 0 spiro atoms. The van der Waals surface area contributed by atoms with Crippen LogP contribution in [0.3, 0.4) is 0 Å². The molecule has 0 radical (unpaired) electrons. The summed E-state index contributed by atoms with van der Waals surface area (Å²) < 4.78 is 42.1. The maximum Gasteiger partial charge on any atom is 0.251 e. The molecule has 0 fully saturated rings. The Hall–Kier alpha value is -3.59. The number of sulfone groups is 1. The molecule has 7 nitrogen and oxygen atoms in total. The summed E-state index contributed by atoms with van der Waals surface area (Å²) in [6.07, 6.45) is 2.79. The summed E-state index contributed by atoms with van der Waals surface area (Å²) in [6, 6.07) is 15.9. The van der Waals surface area contributed by atoms with Crippen LogP contribution >= 0.6 is 0 Å². The molecule has 1 N–H and O–H groups in total. The summed E-state index contributed by atoms with van der Waals surface area (Å²) in [5.74, 6) is 0.787. The van der Waals surface area contributed by atoms with Crippen LogP contribution in [0.4, 0.5) is 10.2 Å². The fraction of sp³-hybridized carbons (Fsp3) is 0.0952. The zero-order valence-electron chi connectivity index (χ0n) is 15.9. The largest absolute Gasteiger partial charge is 0.416 e. The molecule has 0 saturated heterocycles. The van der Waals surface area contributed by atoms with Gasteiger partial charge >= 0.3 is 0 Å². The number of aromatic nitrogens is 3. The van der Waals surface area contributed by atoms with E-state index in [2.05, 4.69) is 20.5 Å².